The fourth-order valence-corrected chi connectivity index (χ4v) is 3.36. The Kier molecular flexibility index (Phi) is 7.61. The van der Waals surface area contributed by atoms with Crippen LogP contribution in [0.4, 0.5) is 26.3 Å². The van der Waals surface area contributed by atoms with Gasteiger partial charge in [-0.05, 0) is 35.7 Å². The number of carbonyl (C=O) groups excluding carboxylic acids is 1. The fraction of sp³-hybridized carbons (Fsp3) is 0.350. The molecule has 2 aromatic carbocycles. The molecule has 0 aliphatic heterocycles. The molecule has 0 aromatic heterocycles. The highest BCUT2D eigenvalue weighted by Crippen LogP contribution is 2.36. The fourth-order valence-electron chi connectivity index (χ4n) is 2.81. The predicted octanol–water partition coefficient (Wildman–Crippen LogP) is 4.44. The van der Waals surface area contributed by atoms with Crippen LogP contribution >= 0.6 is 0 Å². The van der Waals surface area contributed by atoms with Crippen molar-refractivity contribution in [1.29, 1.82) is 0 Å². The number of halogens is 6. The lowest BCUT2D eigenvalue weighted by molar-refractivity contribution is -0.143. The minimum Gasteiger partial charge on any atom is -0.343 e. The van der Waals surface area contributed by atoms with Gasteiger partial charge >= 0.3 is 12.4 Å². The summed E-state index contributed by atoms with van der Waals surface area (Å²) < 4.78 is 106. The van der Waals surface area contributed by atoms with Gasteiger partial charge in [0.05, 0.1) is 17.4 Å². The summed E-state index contributed by atoms with van der Waals surface area (Å²) in [6.07, 6.45) is -11.1. The molecular weight excluding hydrogens is 464 g/mol. The molecule has 32 heavy (non-hydrogen) atoms. The highest BCUT2D eigenvalue weighted by Gasteiger charge is 2.37. The second-order valence-corrected chi connectivity index (χ2v) is 8.62. The standard InChI is InChI=1S/C20H19F6NO4S/c1-27(18(28)17(31-32(2,29)30)14-6-4-3-5-7-14)9-8-13-10-15(19(21,22)23)12-16(11-13)20(24,25)26/h3-7,10-12,17H,8-9H2,1-2H3. The SMILES string of the molecule is CN(CCc1cc(C(F)(F)F)cc(C(F)(F)F)c1)C(=O)C(OS(C)(=O)=O)c1ccccc1. The van der Waals surface area contributed by atoms with Crippen LogP contribution in [-0.2, 0) is 37.9 Å². The molecule has 0 saturated carbocycles. The highest BCUT2D eigenvalue weighted by atomic mass is 32.2. The van der Waals surface area contributed by atoms with Crippen molar-refractivity contribution < 1.29 is 43.7 Å². The lowest BCUT2D eigenvalue weighted by Crippen LogP contribution is -2.35. The molecule has 12 heteroatoms. The highest BCUT2D eigenvalue weighted by molar-refractivity contribution is 7.86. The summed E-state index contributed by atoms with van der Waals surface area (Å²) in [7, 11) is -2.82. The number of rotatable bonds is 7. The van der Waals surface area contributed by atoms with E-state index in [1.165, 1.54) is 19.2 Å². The van der Waals surface area contributed by atoms with E-state index in [0.29, 0.717) is 12.1 Å². The van der Waals surface area contributed by atoms with E-state index in [0.717, 1.165) is 11.2 Å². The molecule has 0 aliphatic carbocycles. The topological polar surface area (TPSA) is 63.7 Å². The van der Waals surface area contributed by atoms with Crippen molar-refractivity contribution in [3.63, 3.8) is 0 Å². The maximum Gasteiger partial charge on any atom is 0.416 e. The van der Waals surface area contributed by atoms with Crippen LogP contribution in [0, 0.1) is 0 Å². The van der Waals surface area contributed by atoms with E-state index in [1.807, 2.05) is 0 Å². The van der Waals surface area contributed by atoms with Gasteiger partial charge in [0.1, 0.15) is 0 Å². The summed E-state index contributed by atoms with van der Waals surface area (Å²) >= 11 is 0. The second kappa shape index (κ2) is 9.49. The van der Waals surface area contributed by atoms with Gasteiger partial charge in [-0.15, -0.1) is 0 Å². The molecular formula is C20H19F6NO4S. The first-order valence-electron chi connectivity index (χ1n) is 9.04. The molecule has 2 aromatic rings. The Bertz CT molecular complexity index is 1020. The monoisotopic (exact) mass is 483 g/mol. The van der Waals surface area contributed by atoms with Crippen molar-refractivity contribution in [1.82, 2.24) is 4.90 Å². The van der Waals surface area contributed by atoms with Gasteiger partial charge in [-0.2, -0.15) is 34.8 Å². The number of likely N-dealkylation sites (N-methyl/N-ethyl adjacent to an activating group) is 1. The van der Waals surface area contributed by atoms with Crippen LogP contribution in [0.15, 0.2) is 48.5 Å². The molecule has 0 bridgehead atoms. The zero-order valence-corrected chi connectivity index (χ0v) is 17.7. The summed E-state index contributed by atoms with van der Waals surface area (Å²) in [6.45, 7) is -0.284. The molecule has 0 saturated heterocycles. The Morgan fingerprint density at radius 2 is 1.47 bits per heavy atom. The largest absolute Gasteiger partial charge is 0.416 e. The third kappa shape index (κ3) is 7.23. The lowest BCUT2D eigenvalue weighted by atomic mass is 10.0. The van der Waals surface area contributed by atoms with Crippen molar-refractivity contribution in [3.8, 4) is 0 Å². The van der Waals surface area contributed by atoms with E-state index in [9.17, 15) is 39.6 Å². The summed E-state index contributed by atoms with van der Waals surface area (Å²) in [5.41, 5.74) is -2.99. The van der Waals surface area contributed by atoms with Crippen molar-refractivity contribution in [2.45, 2.75) is 24.9 Å². The van der Waals surface area contributed by atoms with Crippen molar-refractivity contribution in [2.24, 2.45) is 0 Å². The minimum atomic E-state index is -4.99. The Hall–Kier alpha value is -2.60. The van der Waals surface area contributed by atoms with Crippen LogP contribution in [0.1, 0.15) is 28.4 Å². The number of hydrogen-bond donors (Lipinski definition) is 0. The van der Waals surface area contributed by atoms with E-state index in [4.69, 9.17) is 4.18 Å². The number of benzene rings is 2. The average molecular weight is 483 g/mol. The van der Waals surface area contributed by atoms with Gasteiger partial charge in [-0.3, -0.25) is 8.98 Å². The predicted molar refractivity (Wildman–Crippen MR) is 103 cm³/mol. The number of amides is 1. The molecule has 1 unspecified atom stereocenters. The summed E-state index contributed by atoms with van der Waals surface area (Å²) in [5, 5.41) is 0. The number of carbonyl (C=O) groups is 1. The Morgan fingerprint density at radius 1 is 0.969 bits per heavy atom. The first-order valence-corrected chi connectivity index (χ1v) is 10.9. The molecule has 0 aliphatic rings. The molecule has 1 atom stereocenters. The van der Waals surface area contributed by atoms with Crippen LogP contribution in [0.5, 0.6) is 0 Å². The lowest BCUT2D eigenvalue weighted by Gasteiger charge is -2.24. The maximum atomic E-state index is 13.0. The van der Waals surface area contributed by atoms with E-state index < -0.39 is 45.6 Å². The minimum absolute atomic E-state index is 0.0176. The van der Waals surface area contributed by atoms with Gasteiger partial charge in [0.15, 0.2) is 6.10 Å². The summed E-state index contributed by atoms with van der Waals surface area (Å²) in [5.74, 6) is -0.829. The zero-order valence-electron chi connectivity index (χ0n) is 16.9. The quantitative estimate of drug-likeness (QED) is 0.432. The summed E-state index contributed by atoms with van der Waals surface area (Å²) in [6, 6.07) is 8.79. The van der Waals surface area contributed by atoms with E-state index in [-0.39, 0.29) is 30.2 Å². The molecule has 0 heterocycles. The van der Waals surface area contributed by atoms with Gasteiger partial charge in [0, 0.05) is 13.6 Å². The number of nitrogens with zero attached hydrogens (tertiary/aromatic N) is 1. The molecule has 0 N–H and O–H groups in total. The van der Waals surface area contributed by atoms with Gasteiger partial charge in [0.2, 0.25) is 0 Å². The van der Waals surface area contributed by atoms with Crippen molar-refractivity contribution in [2.75, 3.05) is 19.8 Å². The smallest absolute Gasteiger partial charge is 0.343 e. The van der Waals surface area contributed by atoms with Gasteiger partial charge in [-0.25, -0.2) is 0 Å². The molecule has 0 fully saturated rings. The zero-order chi connectivity index (χ0) is 24.3. The Labute approximate surface area is 180 Å². The van der Waals surface area contributed by atoms with E-state index in [2.05, 4.69) is 0 Å². The van der Waals surface area contributed by atoms with Gasteiger partial charge < -0.3 is 4.90 Å². The van der Waals surface area contributed by atoms with Crippen LogP contribution < -0.4 is 0 Å². The number of alkyl halides is 6. The molecule has 0 spiro atoms. The van der Waals surface area contributed by atoms with Crippen molar-refractivity contribution >= 4 is 16.0 Å². The molecule has 1 amide bonds. The number of hydrogen-bond acceptors (Lipinski definition) is 4. The van der Waals surface area contributed by atoms with Gasteiger partial charge in [0.25, 0.3) is 16.0 Å². The first-order chi connectivity index (χ1) is 14.6. The van der Waals surface area contributed by atoms with Crippen molar-refractivity contribution in [3.05, 3.63) is 70.8 Å². The van der Waals surface area contributed by atoms with Crippen LogP contribution in [-0.4, -0.2) is 39.1 Å². The second-order valence-electron chi connectivity index (χ2n) is 7.01. The molecule has 5 nitrogen and oxygen atoms in total. The molecule has 0 radical (unpaired) electrons. The van der Waals surface area contributed by atoms with E-state index >= 15 is 0 Å². The molecule has 2 rings (SSSR count). The third-order valence-electron chi connectivity index (χ3n) is 4.36. The van der Waals surface area contributed by atoms with Gasteiger partial charge in [-0.1, -0.05) is 30.3 Å². The third-order valence-corrected chi connectivity index (χ3v) is 4.90. The van der Waals surface area contributed by atoms with Crippen LogP contribution in [0.3, 0.4) is 0 Å². The van der Waals surface area contributed by atoms with Crippen LogP contribution in [0.25, 0.3) is 0 Å². The Morgan fingerprint density at radius 3 is 1.91 bits per heavy atom. The van der Waals surface area contributed by atoms with E-state index in [1.54, 1.807) is 18.2 Å². The average Bonchev–Trinajstić information content (AvgIpc) is 2.68. The Balaban J connectivity index is 2.26. The molecule has 176 valence electrons. The first kappa shape index (κ1) is 25.7. The van der Waals surface area contributed by atoms with Crippen LogP contribution in [0.2, 0.25) is 0 Å². The summed E-state index contributed by atoms with van der Waals surface area (Å²) in [4.78, 5) is 13.8. The maximum absolute atomic E-state index is 13.0. The normalized spacial score (nSPS) is 13.6.